The van der Waals surface area contributed by atoms with Crippen molar-refractivity contribution in [3.63, 3.8) is 0 Å². The van der Waals surface area contributed by atoms with Crippen LogP contribution in [0.15, 0.2) is 12.2 Å². The Morgan fingerprint density at radius 2 is 2.18 bits per heavy atom. The smallest absolute Gasteiger partial charge is 0.305 e. The van der Waals surface area contributed by atoms with Crippen molar-refractivity contribution in [2.24, 2.45) is 0 Å². The van der Waals surface area contributed by atoms with Crippen LogP contribution in [0.3, 0.4) is 0 Å². The molecule has 11 heavy (non-hydrogen) atoms. The molecule has 3 nitrogen and oxygen atoms in total. The summed E-state index contributed by atoms with van der Waals surface area (Å²) in [6.07, 6.45) is 2.25. The predicted molar refractivity (Wildman–Crippen MR) is 41.1 cm³/mol. The van der Waals surface area contributed by atoms with E-state index in [2.05, 4.69) is 11.3 Å². The Morgan fingerprint density at radius 3 is 2.64 bits per heavy atom. The molecule has 0 aromatic carbocycles. The summed E-state index contributed by atoms with van der Waals surface area (Å²) in [5, 5.41) is 0. The molecule has 0 aromatic rings. The Morgan fingerprint density at radius 1 is 1.55 bits per heavy atom. The van der Waals surface area contributed by atoms with Crippen LogP contribution in [0.2, 0.25) is 0 Å². The minimum atomic E-state index is -0.247. The predicted octanol–water partition coefficient (Wildman–Crippen LogP) is 1.08. The molecule has 0 fully saturated rings. The van der Waals surface area contributed by atoms with E-state index in [1.165, 1.54) is 7.11 Å². The van der Waals surface area contributed by atoms with Gasteiger partial charge in [0.05, 0.1) is 7.11 Å². The van der Waals surface area contributed by atoms with E-state index in [-0.39, 0.29) is 5.97 Å². The number of esters is 1. The second-order valence-electron chi connectivity index (χ2n) is 2.21. The molecule has 62 valence electrons. The highest BCUT2D eigenvalue weighted by Gasteiger charge is 1.99. The fourth-order valence-electron chi connectivity index (χ4n) is 0.621. The zero-order chi connectivity index (χ0) is 8.69. The second-order valence-corrected chi connectivity index (χ2v) is 2.21. The van der Waals surface area contributed by atoms with Gasteiger partial charge in [-0.3, -0.25) is 9.59 Å². The third-order valence-corrected chi connectivity index (χ3v) is 1.27. The first kappa shape index (κ1) is 9.88. The highest BCUT2D eigenvalue weighted by Crippen LogP contribution is 2.02. The van der Waals surface area contributed by atoms with Crippen LogP contribution in [0.1, 0.15) is 19.3 Å². The standard InChI is InChI=1S/C8H12O3/c1-7(6-9)4-3-5-8(10)11-2/h6H,1,3-5H2,2H3. The second kappa shape index (κ2) is 5.65. The van der Waals surface area contributed by atoms with Gasteiger partial charge in [-0.15, -0.1) is 0 Å². The number of aldehydes is 1. The first-order valence-corrected chi connectivity index (χ1v) is 3.40. The number of hydrogen-bond acceptors (Lipinski definition) is 3. The van der Waals surface area contributed by atoms with Gasteiger partial charge in [-0.05, 0) is 18.4 Å². The Labute approximate surface area is 66.0 Å². The van der Waals surface area contributed by atoms with E-state index in [9.17, 15) is 9.59 Å². The molecule has 0 aliphatic heterocycles. The van der Waals surface area contributed by atoms with Crippen molar-refractivity contribution in [3.05, 3.63) is 12.2 Å². The van der Waals surface area contributed by atoms with Gasteiger partial charge >= 0.3 is 5.97 Å². The summed E-state index contributed by atoms with van der Waals surface area (Å²) in [5.74, 6) is -0.247. The first-order chi connectivity index (χ1) is 5.20. The zero-order valence-corrected chi connectivity index (χ0v) is 6.63. The lowest BCUT2D eigenvalue weighted by molar-refractivity contribution is -0.140. The van der Waals surface area contributed by atoms with Crippen LogP contribution in [-0.2, 0) is 14.3 Å². The lowest BCUT2D eigenvalue weighted by atomic mass is 10.1. The molecule has 0 heterocycles. The molecular formula is C8H12O3. The van der Waals surface area contributed by atoms with Gasteiger partial charge in [0.2, 0.25) is 0 Å². The van der Waals surface area contributed by atoms with Gasteiger partial charge in [-0.1, -0.05) is 6.58 Å². The topological polar surface area (TPSA) is 43.4 Å². The van der Waals surface area contributed by atoms with Crippen molar-refractivity contribution in [2.75, 3.05) is 7.11 Å². The number of hydrogen-bond donors (Lipinski definition) is 0. The van der Waals surface area contributed by atoms with Crippen LogP contribution >= 0.6 is 0 Å². The molecule has 0 unspecified atom stereocenters. The number of carbonyl (C=O) groups is 2. The zero-order valence-electron chi connectivity index (χ0n) is 6.63. The van der Waals surface area contributed by atoms with Crippen molar-refractivity contribution in [3.8, 4) is 0 Å². The van der Waals surface area contributed by atoms with Crippen molar-refractivity contribution in [1.82, 2.24) is 0 Å². The third-order valence-electron chi connectivity index (χ3n) is 1.27. The molecule has 0 N–H and O–H groups in total. The monoisotopic (exact) mass is 156 g/mol. The molecule has 0 rings (SSSR count). The molecule has 0 radical (unpaired) electrons. The molecule has 0 aliphatic carbocycles. The molecule has 0 aromatic heterocycles. The number of methoxy groups -OCH3 is 1. The Kier molecular flexibility index (Phi) is 5.07. The van der Waals surface area contributed by atoms with E-state index in [0.29, 0.717) is 31.1 Å². The molecule has 0 saturated heterocycles. The summed E-state index contributed by atoms with van der Waals surface area (Å²) in [5.41, 5.74) is 0.522. The fourth-order valence-corrected chi connectivity index (χ4v) is 0.621. The van der Waals surface area contributed by atoms with Gasteiger partial charge in [0.15, 0.2) is 0 Å². The van der Waals surface area contributed by atoms with Crippen LogP contribution in [0.25, 0.3) is 0 Å². The number of allylic oxidation sites excluding steroid dienone is 1. The van der Waals surface area contributed by atoms with E-state index in [1.54, 1.807) is 0 Å². The molecular weight excluding hydrogens is 144 g/mol. The minimum Gasteiger partial charge on any atom is -0.469 e. The maximum Gasteiger partial charge on any atom is 0.305 e. The normalized spacial score (nSPS) is 8.82. The molecule has 0 atom stereocenters. The maximum atomic E-state index is 10.5. The highest BCUT2D eigenvalue weighted by molar-refractivity contribution is 5.72. The van der Waals surface area contributed by atoms with Crippen LogP contribution in [0.4, 0.5) is 0 Å². The number of rotatable bonds is 5. The summed E-state index contributed by atoms with van der Waals surface area (Å²) in [6.45, 7) is 3.48. The minimum absolute atomic E-state index is 0.247. The van der Waals surface area contributed by atoms with Crippen molar-refractivity contribution in [2.45, 2.75) is 19.3 Å². The summed E-state index contributed by atoms with van der Waals surface area (Å²) >= 11 is 0. The van der Waals surface area contributed by atoms with E-state index in [4.69, 9.17) is 0 Å². The van der Waals surface area contributed by atoms with Gasteiger partial charge in [0, 0.05) is 6.42 Å². The third kappa shape index (κ3) is 5.33. The Balaban J connectivity index is 3.34. The average molecular weight is 156 g/mol. The lowest BCUT2D eigenvalue weighted by Crippen LogP contribution is -1.99. The maximum absolute atomic E-state index is 10.5. The summed E-state index contributed by atoms with van der Waals surface area (Å²) in [4.78, 5) is 20.6. The van der Waals surface area contributed by atoms with Gasteiger partial charge in [0.1, 0.15) is 6.29 Å². The molecule has 0 aliphatic rings. The Hall–Kier alpha value is -1.12. The number of carbonyl (C=O) groups excluding carboxylic acids is 2. The van der Waals surface area contributed by atoms with Crippen LogP contribution < -0.4 is 0 Å². The van der Waals surface area contributed by atoms with Crippen LogP contribution in [0.5, 0.6) is 0 Å². The molecule has 3 heteroatoms. The highest BCUT2D eigenvalue weighted by atomic mass is 16.5. The Bertz CT molecular complexity index is 161. The molecule has 0 saturated carbocycles. The summed E-state index contributed by atoms with van der Waals surface area (Å²) < 4.78 is 4.41. The van der Waals surface area contributed by atoms with Gasteiger partial charge in [-0.25, -0.2) is 0 Å². The van der Waals surface area contributed by atoms with Gasteiger partial charge < -0.3 is 4.74 Å². The number of ether oxygens (including phenoxy) is 1. The van der Waals surface area contributed by atoms with E-state index in [1.807, 2.05) is 0 Å². The first-order valence-electron chi connectivity index (χ1n) is 3.40. The van der Waals surface area contributed by atoms with Crippen LogP contribution in [0, 0.1) is 0 Å². The molecule has 0 amide bonds. The summed E-state index contributed by atoms with van der Waals surface area (Å²) in [7, 11) is 1.34. The SMILES string of the molecule is C=C(C=O)CCCC(=O)OC. The van der Waals surface area contributed by atoms with Gasteiger partial charge in [0.25, 0.3) is 0 Å². The largest absolute Gasteiger partial charge is 0.469 e. The van der Waals surface area contributed by atoms with Crippen molar-refractivity contribution >= 4 is 12.3 Å². The summed E-state index contributed by atoms with van der Waals surface area (Å²) in [6, 6.07) is 0. The van der Waals surface area contributed by atoms with Crippen LogP contribution in [-0.4, -0.2) is 19.4 Å². The lowest BCUT2D eigenvalue weighted by Gasteiger charge is -1.97. The molecule has 0 bridgehead atoms. The van der Waals surface area contributed by atoms with E-state index >= 15 is 0 Å². The van der Waals surface area contributed by atoms with E-state index < -0.39 is 0 Å². The average Bonchev–Trinajstić information content (AvgIpc) is 2.04. The van der Waals surface area contributed by atoms with Gasteiger partial charge in [-0.2, -0.15) is 0 Å². The quantitative estimate of drug-likeness (QED) is 0.340. The molecule has 0 spiro atoms. The fraction of sp³-hybridized carbons (Fsp3) is 0.500. The van der Waals surface area contributed by atoms with E-state index in [0.717, 1.165) is 0 Å². The van der Waals surface area contributed by atoms with Crippen molar-refractivity contribution in [1.29, 1.82) is 0 Å². The van der Waals surface area contributed by atoms with Crippen molar-refractivity contribution < 1.29 is 14.3 Å².